The van der Waals surface area contributed by atoms with Crippen LogP contribution in [0.1, 0.15) is 52.0 Å². The zero-order valence-electron chi connectivity index (χ0n) is 22.9. The number of ether oxygens (including phenoxy) is 1. The molecule has 2 aliphatic rings. The number of benzene rings is 3. The number of nitrogens with zero attached hydrogens (tertiary/aromatic N) is 1. The van der Waals surface area contributed by atoms with Gasteiger partial charge in [-0.1, -0.05) is 35.4 Å². The average Bonchev–Trinajstić information content (AvgIpc) is 3.28. The summed E-state index contributed by atoms with van der Waals surface area (Å²) in [6.07, 6.45) is 6.00. The Morgan fingerprint density at radius 1 is 1.05 bits per heavy atom. The second kappa shape index (κ2) is 11.7. The van der Waals surface area contributed by atoms with Crippen molar-refractivity contribution in [2.24, 2.45) is 5.41 Å². The first-order chi connectivity index (χ1) is 19.7. The number of fused-ring (bicyclic) bond motifs is 1. The fourth-order valence-corrected chi connectivity index (χ4v) is 6.07. The number of hydrogen-bond acceptors (Lipinski definition) is 4. The topological polar surface area (TPSA) is 87.7 Å². The van der Waals surface area contributed by atoms with Crippen molar-refractivity contribution in [3.63, 3.8) is 0 Å². The minimum absolute atomic E-state index is 0.00999. The van der Waals surface area contributed by atoms with Crippen LogP contribution in [-0.4, -0.2) is 38.4 Å². The molecular formula is C32H31ClFN3O4. The highest BCUT2D eigenvalue weighted by Gasteiger charge is 2.40. The van der Waals surface area contributed by atoms with E-state index >= 15 is 0 Å². The second-order valence-corrected chi connectivity index (χ2v) is 11.0. The van der Waals surface area contributed by atoms with Gasteiger partial charge in [0.2, 0.25) is 5.91 Å². The van der Waals surface area contributed by atoms with E-state index in [1.807, 2.05) is 23.1 Å². The van der Waals surface area contributed by atoms with Crippen LogP contribution < -0.4 is 20.3 Å². The van der Waals surface area contributed by atoms with Gasteiger partial charge in [0.15, 0.2) is 0 Å². The Morgan fingerprint density at radius 3 is 2.63 bits per heavy atom. The fraction of sp³-hybridized carbons (Fsp3) is 0.281. The number of hydrogen-bond donors (Lipinski definition) is 2. The molecule has 3 amide bonds. The normalized spacial score (nSPS) is 19.0. The summed E-state index contributed by atoms with van der Waals surface area (Å²) in [5.41, 5.74) is 3.81. The first-order valence-electron chi connectivity index (χ1n) is 13.5. The number of allylic oxidation sites excluding steroid dienone is 1. The van der Waals surface area contributed by atoms with Gasteiger partial charge in [0.05, 0.1) is 23.4 Å². The molecule has 1 atom stereocenters. The Hall–Kier alpha value is -4.17. The van der Waals surface area contributed by atoms with Gasteiger partial charge in [-0.05, 0) is 85.5 Å². The number of anilines is 2. The van der Waals surface area contributed by atoms with Crippen LogP contribution in [0.2, 0.25) is 5.02 Å². The average molecular weight is 576 g/mol. The Bertz CT molecular complexity index is 1560. The number of carbonyl (C=O) groups excluding carboxylic acids is 3. The number of amides is 3. The summed E-state index contributed by atoms with van der Waals surface area (Å²) in [5.74, 6) is -1.16. The summed E-state index contributed by atoms with van der Waals surface area (Å²) in [7, 11) is 3.08. The molecule has 9 heteroatoms. The molecule has 5 rings (SSSR count). The van der Waals surface area contributed by atoms with E-state index in [1.54, 1.807) is 31.3 Å². The lowest BCUT2D eigenvalue weighted by molar-refractivity contribution is -0.116. The minimum Gasteiger partial charge on any atom is -0.495 e. The lowest BCUT2D eigenvalue weighted by Crippen LogP contribution is -2.33. The predicted octanol–water partition coefficient (Wildman–Crippen LogP) is 6.18. The SMILES string of the molecule is CNC(=O)/C=C1\CC[C@@]2(CCN(C(=O)c3ccc(NC(=O)c4cc(F)ccc4Cl)c(OC)c3)c3ccccc3C2)C1. The summed E-state index contributed by atoms with van der Waals surface area (Å²) in [6.45, 7) is 0.530. The molecular weight excluding hydrogens is 545 g/mol. The van der Waals surface area contributed by atoms with Crippen LogP contribution in [-0.2, 0) is 11.2 Å². The van der Waals surface area contributed by atoms with Gasteiger partial charge in [0, 0.05) is 30.9 Å². The van der Waals surface area contributed by atoms with Crippen molar-refractivity contribution >= 4 is 40.7 Å². The van der Waals surface area contributed by atoms with Crippen molar-refractivity contribution in [3.8, 4) is 5.75 Å². The van der Waals surface area contributed by atoms with Crippen LogP contribution in [0, 0.1) is 11.2 Å². The van der Waals surface area contributed by atoms with Crippen molar-refractivity contribution < 1.29 is 23.5 Å². The Labute approximate surface area is 243 Å². The fourth-order valence-electron chi connectivity index (χ4n) is 5.87. The molecule has 7 nitrogen and oxygen atoms in total. The van der Waals surface area contributed by atoms with Crippen LogP contribution in [0.25, 0.3) is 0 Å². The van der Waals surface area contributed by atoms with Crippen molar-refractivity contribution in [2.75, 3.05) is 30.9 Å². The molecule has 0 radical (unpaired) electrons. The van der Waals surface area contributed by atoms with Gasteiger partial charge in [-0.3, -0.25) is 14.4 Å². The van der Waals surface area contributed by atoms with E-state index in [1.165, 1.54) is 19.2 Å². The molecule has 1 heterocycles. The quantitative estimate of drug-likeness (QED) is 0.356. The number of halogens is 2. The smallest absolute Gasteiger partial charge is 0.258 e. The van der Waals surface area contributed by atoms with Crippen LogP contribution in [0.4, 0.5) is 15.8 Å². The molecule has 0 unspecified atom stereocenters. The van der Waals surface area contributed by atoms with Crippen molar-refractivity contribution in [2.45, 2.75) is 32.1 Å². The highest BCUT2D eigenvalue weighted by atomic mass is 35.5. The molecule has 212 valence electrons. The Kier molecular flexibility index (Phi) is 8.13. The number of rotatable bonds is 5. The maximum Gasteiger partial charge on any atom is 0.258 e. The molecule has 1 fully saturated rings. The highest BCUT2D eigenvalue weighted by Crippen LogP contribution is 2.49. The van der Waals surface area contributed by atoms with Gasteiger partial charge in [-0.15, -0.1) is 0 Å². The molecule has 1 aliphatic carbocycles. The molecule has 2 N–H and O–H groups in total. The number of para-hydroxylation sites is 1. The van der Waals surface area contributed by atoms with Gasteiger partial charge in [-0.25, -0.2) is 4.39 Å². The number of likely N-dealkylation sites (N-methyl/N-ethyl adjacent to an activating group) is 1. The molecule has 1 saturated carbocycles. The molecule has 3 aromatic carbocycles. The van der Waals surface area contributed by atoms with Crippen LogP contribution in [0.3, 0.4) is 0 Å². The lowest BCUT2D eigenvalue weighted by atomic mass is 9.77. The van der Waals surface area contributed by atoms with Crippen molar-refractivity contribution in [3.05, 3.63) is 99.8 Å². The summed E-state index contributed by atoms with van der Waals surface area (Å²) in [5, 5.41) is 5.48. The van der Waals surface area contributed by atoms with Crippen LogP contribution in [0.5, 0.6) is 5.75 Å². The summed E-state index contributed by atoms with van der Waals surface area (Å²) in [4.78, 5) is 40.5. The monoisotopic (exact) mass is 575 g/mol. The van der Waals surface area contributed by atoms with Crippen molar-refractivity contribution in [1.29, 1.82) is 0 Å². The molecule has 0 saturated heterocycles. The van der Waals surface area contributed by atoms with Crippen LogP contribution in [0.15, 0.2) is 72.3 Å². The standard InChI is InChI=1S/C32H31ClFN3O4/c1-35-29(38)15-20-11-12-32(18-20)13-14-37(27-6-4-3-5-22(27)19-32)31(40)21-7-10-26(28(16-21)41-2)36-30(39)24-17-23(34)8-9-25(24)33/h3-10,15-17H,11-14,18-19H2,1-2H3,(H,35,38)(H,36,39)/b20-15+/t32-/m1/s1. The third-order valence-electron chi connectivity index (χ3n) is 7.99. The third-order valence-corrected chi connectivity index (χ3v) is 8.32. The van der Waals surface area contributed by atoms with Gasteiger partial charge >= 0.3 is 0 Å². The number of carbonyl (C=O) groups is 3. The lowest BCUT2D eigenvalue weighted by Gasteiger charge is -2.27. The van der Waals surface area contributed by atoms with Gasteiger partial charge in [0.25, 0.3) is 11.8 Å². The predicted molar refractivity (Wildman–Crippen MR) is 157 cm³/mol. The van der Waals surface area contributed by atoms with E-state index in [-0.39, 0.29) is 33.6 Å². The van der Waals surface area contributed by atoms with E-state index in [4.69, 9.17) is 16.3 Å². The first kappa shape index (κ1) is 28.4. The van der Waals surface area contributed by atoms with Gasteiger partial charge in [0.1, 0.15) is 11.6 Å². The minimum atomic E-state index is -0.597. The Balaban J connectivity index is 1.39. The van der Waals surface area contributed by atoms with E-state index in [2.05, 4.69) is 16.7 Å². The van der Waals surface area contributed by atoms with Gasteiger partial charge < -0.3 is 20.3 Å². The van der Waals surface area contributed by atoms with Crippen molar-refractivity contribution in [1.82, 2.24) is 5.32 Å². The maximum absolute atomic E-state index is 13.9. The summed E-state index contributed by atoms with van der Waals surface area (Å²) >= 11 is 6.09. The zero-order chi connectivity index (χ0) is 29.1. The largest absolute Gasteiger partial charge is 0.495 e. The van der Waals surface area contributed by atoms with E-state index in [0.717, 1.165) is 55.0 Å². The van der Waals surface area contributed by atoms with Crippen LogP contribution >= 0.6 is 11.6 Å². The molecule has 41 heavy (non-hydrogen) atoms. The maximum atomic E-state index is 13.9. The molecule has 1 aliphatic heterocycles. The van der Waals surface area contributed by atoms with E-state index < -0.39 is 11.7 Å². The molecule has 0 bridgehead atoms. The second-order valence-electron chi connectivity index (χ2n) is 10.6. The molecule has 0 aromatic heterocycles. The molecule has 1 spiro atoms. The summed E-state index contributed by atoms with van der Waals surface area (Å²) < 4.78 is 19.2. The highest BCUT2D eigenvalue weighted by molar-refractivity contribution is 6.34. The molecule has 3 aromatic rings. The number of methoxy groups -OCH3 is 1. The number of nitrogens with one attached hydrogen (secondary N) is 2. The summed E-state index contributed by atoms with van der Waals surface area (Å²) in [6, 6.07) is 16.3. The zero-order valence-corrected chi connectivity index (χ0v) is 23.7. The van der Waals surface area contributed by atoms with Gasteiger partial charge in [-0.2, -0.15) is 0 Å². The van der Waals surface area contributed by atoms with E-state index in [9.17, 15) is 18.8 Å². The first-order valence-corrected chi connectivity index (χ1v) is 13.8. The Morgan fingerprint density at radius 2 is 1.85 bits per heavy atom. The van der Waals surface area contributed by atoms with E-state index in [0.29, 0.717) is 17.8 Å². The third kappa shape index (κ3) is 5.98.